The van der Waals surface area contributed by atoms with Crippen molar-refractivity contribution in [3.8, 4) is 11.5 Å². The van der Waals surface area contributed by atoms with Crippen LogP contribution < -0.4 is 18.9 Å². The fraction of sp³-hybridized carbons (Fsp3) is 0.278. The highest BCUT2D eigenvalue weighted by atomic mass is 32.2. The molecule has 0 spiro atoms. The van der Waals surface area contributed by atoms with Gasteiger partial charge in [-0.15, -0.1) is 0 Å². The van der Waals surface area contributed by atoms with Crippen LogP contribution in [0.3, 0.4) is 0 Å². The summed E-state index contributed by atoms with van der Waals surface area (Å²) < 4.78 is 66.2. The molecule has 0 saturated carbocycles. The van der Waals surface area contributed by atoms with E-state index in [4.69, 9.17) is 9.47 Å². The Morgan fingerprint density at radius 2 is 1.55 bits per heavy atom. The van der Waals surface area contributed by atoms with E-state index in [9.17, 15) is 16.8 Å². The van der Waals surface area contributed by atoms with E-state index in [0.29, 0.717) is 43.5 Å². The summed E-state index contributed by atoms with van der Waals surface area (Å²) in [6, 6.07) is 9.88. The van der Waals surface area contributed by atoms with Gasteiger partial charge in [0.2, 0.25) is 0 Å². The highest BCUT2D eigenvalue weighted by Gasteiger charge is 2.22. The number of benzene rings is 2. The molecule has 0 aliphatic carbocycles. The molecule has 2 heterocycles. The predicted octanol–water partition coefficient (Wildman–Crippen LogP) is 1.73. The van der Waals surface area contributed by atoms with Gasteiger partial charge in [-0.25, -0.2) is 16.8 Å². The van der Waals surface area contributed by atoms with E-state index in [-0.39, 0.29) is 15.5 Å². The maximum Gasteiger partial charge on any atom is 0.262 e. The molecule has 154 valence electrons. The van der Waals surface area contributed by atoms with Crippen molar-refractivity contribution in [2.45, 2.75) is 22.6 Å². The lowest BCUT2D eigenvalue weighted by Crippen LogP contribution is -2.29. The van der Waals surface area contributed by atoms with Gasteiger partial charge in [0, 0.05) is 19.0 Å². The van der Waals surface area contributed by atoms with E-state index in [1.165, 1.54) is 42.5 Å². The first-order valence-corrected chi connectivity index (χ1v) is 11.9. The number of amidine groups is 1. The smallest absolute Gasteiger partial charge is 0.262 e. The number of nitrogens with zero attached hydrogens (tertiary/aromatic N) is 1. The van der Waals surface area contributed by atoms with Gasteiger partial charge in [0.15, 0.2) is 11.5 Å². The number of ether oxygens (including phenoxy) is 2. The molecule has 2 aliphatic heterocycles. The molecule has 2 aliphatic rings. The summed E-state index contributed by atoms with van der Waals surface area (Å²) in [5.74, 6) is 1.23. The number of rotatable bonds is 5. The molecule has 0 unspecified atom stereocenters. The fourth-order valence-electron chi connectivity index (χ4n) is 2.97. The second kappa shape index (κ2) is 7.56. The molecule has 29 heavy (non-hydrogen) atoms. The van der Waals surface area contributed by atoms with E-state index < -0.39 is 20.0 Å². The number of anilines is 1. The summed E-state index contributed by atoms with van der Waals surface area (Å²) in [4.78, 5) is 4.02. The zero-order valence-corrected chi connectivity index (χ0v) is 16.9. The number of fused-ring (bicyclic) bond motifs is 1. The molecule has 0 bridgehead atoms. The van der Waals surface area contributed by atoms with Crippen LogP contribution in [0.2, 0.25) is 0 Å². The van der Waals surface area contributed by atoms with Crippen LogP contribution in [0.4, 0.5) is 5.69 Å². The predicted molar refractivity (Wildman–Crippen MR) is 107 cm³/mol. The average Bonchev–Trinajstić information content (AvgIpc) is 3.20. The minimum absolute atomic E-state index is 0.0200. The molecule has 0 fully saturated rings. The van der Waals surface area contributed by atoms with Crippen LogP contribution in [-0.2, 0) is 20.0 Å². The number of nitrogens with one attached hydrogen (secondary N) is 2. The summed E-state index contributed by atoms with van der Waals surface area (Å²) in [6.45, 7) is 1.33. The molecule has 0 saturated heterocycles. The zero-order valence-electron chi connectivity index (χ0n) is 15.3. The summed E-state index contributed by atoms with van der Waals surface area (Å²) in [5.41, 5.74) is 0.121. The Hall–Kier alpha value is -2.79. The minimum Gasteiger partial charge on any atom is -0.486 e. The lowest BCUT2D eigenvalue weighted by Gasteiger charge is -2.19. The standard InChI is InChI=1S/C18H19N3O6S2/c22-28(23,15-6-7-16-17(12-15)27-10-9-26-16)20-13-3-1-4-14(11-13)29(24,25)21-18-5-2-8-19-18/h1,3-4,6-7,11-12,20H,2,5,8-10H2,(H,19,21). The van der Waals surface area contributed by atoms with E-state index in [1.54, 1.807) is 0 Å². The van der Waals surface area contributed by atoms with Gasteiger partial charge < -0.3 is 9.47 Å². The van der Waals surface area contributed by atoms with Crippen molar-refractivity contribution in [1.29, 1.82) is 0 Å². The van der Waals surface area contributed by atoms with Crippen LogP contribution in [0.25, 0.3) is 0 Å². The van der Waals surface area contributed by atoms with E-state index >= 15 is 0 Å². The highest BCUT2D eigenvalue weighted by molar-refractivity contribution is 7.92. The molecule has 0 radical (unpaired) electrons. The quantitative estimate of drug-likeness (QED) is 0.734. The van der Waals surface area contributed by atoms with Crippen LogP contribution in [-0.4, -0.2) is 42.4 Å². The summed E-state index contributed by atoms with van der Waals surface area (Å²) in [6.07, 6.45) is 1.36. The van der Waals surface area contributed by atoms with Gasteiger partial charge >= 0.3 is 0 Å². The van der Waals surface area contributed by atoms with Crippen molar-refractivity contribution in [3.63, 3.8) is 0 Å². The Balaban J connectivity index is 1.57. The topological polar surface area (TPSA) is 123 Å². The molecule has 2 aromatic carbocycles. The van der Waals surface area contributed by atoms with Crippen LogP contribution >= 0.6 is 0 Å². The molecule has 11 heteroatoms. The second-order valence-electron chi connectivity index (χ2n) is 6.48. The number of hydrogen-bond acceptors (Lipinski definition) is 7. The lowest BCUT2D eigenvalue weighted by atomic mass is 10.3. The van der Waals surface area contributed by atoms with Gasteiger partial charge in [0.25, 0.3) is 20.0 Å². The second-order valence-corrected chi connectivity index (χ2v) is 9.84. The Bertz CT molecular complexity index is 1180. The fourth-order valence-corrected chi connectivity index (χ4v) is 5.17. The van der Waals surface area contributed by atoms with E-state index in [0.717, 1.165) is 6.42 Å². The molecule has 2 aromatic rings. The zero-order chi connectivity index (χ0) is 20.5. The molecule has 4 rings (SSSR count). The van der Waals surface area contributed by atoms with Crippen LogP contribution in [0, 0.1) is 0 Å². The van der Waals surface area contributed by atoms with E-state index in [1.807, 2.05) is 0 Å². The van der Waals surface area contributed by atoms with Crippen LogP contribution in [0.1, 0.15) is 12.8 Å². The van der Waals surface area contributed by atoms with Gasteiger partial charge in [-0.3, -0.25) is 14.4 Å². The van der Waals surface area contributed by atoms with Gasteiger partial charge in [-0.2, -0.15) is 0 Å². The summed E-state index contributed by atoms with van der Waals surface area (Å²) in [7, 11) is -7.81. The van der Waals surface area contributed by atoms with E-state index in [2.05, 4.69) is 14.4 Å². The highest BCUT2D eigenvalue weighted by Crippen LogP contribution is 2.32. The van der Waals surface area contributed by atoms with Crippen molar-refractivity contribution in [3.05, 3.63) is 42.5 Å². The van der Waals surface area contributed by atoms with Crippen LogP contribution in [0.5, 0.6) is 11.5 Å². The number of aliphatic imine (C=N–C) groups is 1. The number of sulfonamides is 2. The molecular formula is C18H19N3O6S2. The van der Waals surface area contributed by atoms with Crippen molar-refractivity contribution >= 4 is 31.6 Å². The largest absolute Gasteiger partial charge is 0.486 e. The monoisotopic (exact) mass is 437 g/mol. The van der Waals surface area contributed by atoms with Crippen molar-refractivity contribution in [2.24, 2.45) is 4.99 Å². The minimum atomic E-state index is -3.96. The first-order valence-electron chi connectivity index (χ1n) is 8.92. The van der Waals surface area contributed by atoms with Gasteiger partial charge in [0.1, 0.15) is 19.0 Å². The maximum absolute atomic E-state index is 12.7. The first-order chi connectivity index (χ1) is 13.8. The van der Waals surface area contributed by atoms with Crippen LogP contribution in [0.15, 0.2) is 57.2 Å². The van der Waals surface area contributed by atoms with Gasteiger partial charge in [-0.1, -0.05) is 6.07 Å². The summed E-state index contributed by atoms with van der Waals surface area (Å²) in [5, 5.41) is 0. The molecule has 2 N–H and O–H groups in total. The third-order valence-electron chi connectivity index (χ3n) is 4.35. The van der Waals surface area contributed by atoms with Crippen molar-refractivity contribution in [2.75, 3.05) is 24.5 Å². The molecule has 0 aromatic heterocycles. The molecule has 0 amide bonds. The maximum atomic E-state index is 12.7. The average molecular weight is 437 g/mol. The Labute approximate surface area is 168 Å². The normalized spacial score (nSPS) is 16.2. The Morgan fingerprint density at radius 3 is 2.31 bits per heavy atom. The van der Waals surface area contributed by atoms with Crippen molar-refractivity contribution in [1.82, 2.24) is 4.72 Å². The Kier molecular flexibility index (Phi) is 5.09. The van der Waals surface area contributed by atoms with Crippen molar-refractivity contribution < 1.29 is 26.3 Å². The molecule has 0 atom stereocenters. The Morgan fingerprint density at radius 1 is 0.828 bits per heavy atom. The molecule has 9 nitrogen and oxygen atoms in total. The van der Waals surface area contributed by atoms with Gasteiger partial charge in [-0.05, 0) is 36.8 Å². The first kappa shape index (κ1) is 19.5. The SMILES string of the molecule is O=S(=O)(NC1=NCCC1)c1cccc(NS(=O)(=O)c2ccc3c(c2)OCCO3)c1. The molecular weight excluding hydrogens is 418 g/mol. The third kappa shape index (κ3) is 4.30. The lowest BCUT2D eigenvalue weighted by molar-refractivity contribution is 0.171. The van der Waals surface area contributed by atoms with Gasteiger partial charge in [0.05, 0.1) is 15.5 Å². The third-order valence-corrected chi connectivity index (χ3v) is 7.10. The number of hydrogen-bond donors (Lipinski definition) is 2. The summed E-state index contributed by atoms with van der Waals surface area (Å²) >= 11 is 0.